The Morgan fingerprint density at radius 3 is 2.57 bits per heavy atom. The maximum absolute atomic E-state index is 13.3. The summed E-state index contributed by atoms with van der Waals surface area (Å²) in [5.74, 6) is -0.949. The summed E-state index contributed by atoms with van der Waals surface area (Å²) in [4.78, 5) is 0. The highest BCUT2D eigenvalue weighted by atomic mass is 79.9. The number of benzene rings is 1. The van der Waals surface area contributed by atoms with Crippen molar-refractivity contribution in [2.45, 2.75) is 25.1 Å². The summed E-state index contributed by atoms with van der Waals surface area (Å²) in [5, 5.41) is -0.456. The Bertz CT molecular complexity index is 328. The summed E-state index contributed by atoms with van der Waals surface area (Å²) in [5.41, 5.74) is 0.231. The number of alkyl halides is 1. The van der Waals surface area contributed by atoms with E-state index in [1.54, 1.807) is 0 Å². The van der Waals surface area contributed by atoms with E-state index in [4.69, 9.17) is 11.6 Å². The van der Waals surface area contributed by atoms with Crippen molar-refractivity contribution in [1.29, 1.82) is 0 Å². The van der Waals surface area contributed by atoms with E-state index in [0.29, 0.717) is 6.42 Å². The molecule has 14 heavy (non-hydrogen) atoms. The molecule has 1 aromatic rings. The topological polar surface area (TPSA) is 0 Å². The molecule has 1 rings (SSSR count). The highest BCUT2D eigenvalue weighted by molar-refractivity contribution is 9.10. The molecule has 4 heteroatoms. The Labute approximate surface area is 95.4 Å². The second kappa shape index (κ2) is 5.08. The van der Waals surface area contributed by atoms with Gasteiger partial charge in [0.25, 0.3) is 0 Å². The Morgan fingerprint density at radius 1 is 1.36 bits per heavy atom. The van der Waals surface area contributed by atoms with Crippen molar-refractivity contribution in [3.05, 3.63) is 33.8 Å². The normalized spacial score (nSPS) is 12.9. The lowest BCUT2D eigenvalue weighted by Crippen LogP contribution is -1.96. The van der Waals surface area contributed by atoms with Gasteiger partial charge in [-0.25, -0.2) is 8.78 Å². The highest BCUT2D eigenvalue weighted by Gasteiger charge is 2.15. The van der Waals surface area contributed by atoms with E-state index in [1.165, 1.54) is 0 Å². The maximum atomic E-state index is 13.3. The van der Waals surface area contributed by atoms with Crippen molar-refractivity contribution in [1.82, 2.24) is 0 Å². The minimum Gasteiger partial charge on any atom is -0.207 e. The third-order valence-corrected chi connectivity index (χ3v) is 2.98. The molecule has 0 aromatic heterocycles. The fraction of sp³-hybridized carbons (Fsp3) is 0.400. The number of rotatable bonds is 3. The zero-order valence-electron chi connectivity index (χ0n) is 7.66. The molecule has 0 amide bonds. The zero-order chi connectivity index (χ0) is 10.7. The summed E-state index contributed by atoms with van der Waals surface area (Å²) in [6.07, 6.45) is 1.48. The van der Waals surface area contributed by atoms with Gasteiger partial charge in [-0.3, -0.25) is 0 Å². The second-order valence-electron chi connectivity index (χ2n) is 3.04. The molecule has 0 radical (unpaired) electrons. The van der Waals surface area contributed by atoms with Crippen LogP contribution < -0.4 is 0 Å². The van der Waals surface area contributed by atoms with Gasteiger partial charge in [0.05, 0.1) is 9.85 Å². The predicted octanol–water partition coefficient (Wildman–Crippen LogP) is 4.81. The average molecular weight is 284 g/mol. The van der Waals surface area contributed by atoms with E-state index in [2.05, 4.69) is 15.9 Å². The third kappa shape index (κ3) is 2.67. The molecule has 78 valence electrons. The molecular weight excluding hydrogens is 273 g/mol. The van der Waals surface area contributed by atoms with Crippen molar-refractivity contribution >= 4 is 27.5 Å². The van der Waals surface area contributed by atoms with E-state index in [-0.39, 0.29) is 10.0 Å². The Hall–Kier alpha value is -0.150. The molecule has 0 aliphatic carbocycles. The fourth-order valence-corrected chi connectivity index (χ4v) is 1.89. The quantitative estimate of drug-likeness (QED) is 0.552. The van der Waals surface area contributed by atoms with E-state index in [1.807, 2.05) is 6.92 Å². The van der Waals surface area contributed by atoms with Crippen molar-refractivity contribution in [2.24, 2.45) is 0 Å². The van der Waals surface area contributed by atoms with E-state index in [9.17, 15) is 8.78 Å². The fourth-order valence-electron chi connectivity index (χ4n) is 1.19. The third-order valence-electron chi connectivity index (χ3n) is 1.92. The van der Waals surface area contributed by atoms with Gasteiger partial charge in [0.15, 0.2) is 0 Å². The summed E-state index contributed by atoms with van der Waals surface area (Å²) in [6, 6.07) is 2.25. The molecule has 0 nitrogen and oxygen atoms in total. The van der Waals surface area contributed by atoms with E-state index < -0.39 is 17.0 Å². The second-order valence-corrected chi connectivity index (χ2v) is 4.43. The van der Waals surface area contributed by atoms with Crippen LogP contribution in [0.3, 0.4) is 0 Å². The van der Waals surface area contributed by atoms with E-state index >= 15 is 0 Å². The van der Waals surface area contributed by atoms with Crippen LogP contribution in [0.15, 0.2) is 16.6 Å². The summed E-state index contributed by atoms with van der Waals surface area (Å²) < 4.78 is 26.5. The molecular formula is C10H10BrClF2. The molecule has 0 spiro atoms. The Balaban J connectivity index is 3.02. The number of hydrogen-bond donors (Lipinski definition) is 0. The minimum absolute atomic E-state index is 0.124. The van der Waals surface area contributed by atoms with Crippen LogP contribution in [-0.4, -0.2) is 0 Å². The SMILES string of the molecule is CCCC(Cl)c1cc(F)c(Br)cc1F. The van der Waals surface area contributed by atoms with Crippen LogP contribution in [0.5, 0.6) is 0 Å². The van der Waals surface area contributed by atoms with E-state index in [0.717, 1.165) is 18.6 Å². The molecule has 1 unspecified atom stereocenters. The van der Waals surface area contributed by atoms with Gasteiger partial charge in [-0.1, -0.05) is 13.3 Å². The van der Waals surface area contributed by atoms with Crippen LogP contribution >= 0.6 is 27.5 Å². The predicted molar refractivity (Wildman–Crippen MR) is 57.6 cm³/mol. The monoisotopic (exact) mass is 282 g/mol. The van der Waals surface area contributed by atoms with Crippen LogP contribution in [-0.2, 0) is 0 Å². The van der Waals surface area contributed by atoms with Crippen LogP contribution in [0.1, 0.15) is 30.7 Å². The first-order chi connectivity index (χ1) is 6.56. The van der Waals surface area contributed by atoms with Crippen molar-refractivity contribution < 1.29 is 8.78 Å². The lowest BCUT2D eigenvalue weighted by atomic mass is 10.1. The Morgan fingerprint density at radius 2 is 2.00 bits per heavy atom. The number of halogens is 4. The molecule has 0 heterocycles. The highest BCUT2D eigenvalue weighted by Crippen LogP contribution is 2.30. The first-order valence-corrected chi connectivity index (χ1v) is 5.57. The smallest absolute Gasteiger partial charge is 0.137 e. The first-order valence-electron chi connectivity index (χ1n) is 4.34. The van der Waals surface area contributed by atoms with Crippen LogP contribution in [0.25, 0.3) is 0 Å². The molecule has 0 saturated heterocycles. The zero-order valence-corrected chi connectivity index (χ0v) is 10.0. The molecule has 0 fully saturated rings. The summed E-state index contributed by atoms with van der Waals surface area (Å²) in [6.45, 7) is 1.95. The van der Waals surface area contributed by atoms with Crippen molar-refractivity contribution in [2.75, 3.05) is 0 Å². The average Bonchev–Trinajstić information content (AvgIpc) is 2.11. The summed E-state index contributed by atoms with van der Waals surface area (Å²) in [7, 11) is 0. The van der Waals surface area contributed by atoms with Crippen LogP contribution in [0.4, 0.5) is 8.78 Å². The van der Waals surface area contributed by atoms with Gasteiger partial charge in [-0.05, 0) is 34.5 Å². The standard InChI is InChI=1S/C10H10BrClF2/c1-2-3-8(12)6-4-10(14)7(11)5-9(6)13/h4-5,8H,2-3H2,1H3. The summed E-state index contributed by atoms with van der Waals surface area (Å²) >= 11 is 8.82. The van der Waals surface area contributed by atoms with Gasteiger partial charge >= 0.3 is 0 Å². The molecule has 0 aliphatic heterocycles. The maximum Gasteiger partial charge on any atom is 0.137 e. The van der Waals surface area contributed by atoms with Crippen LogP contribution in [0, 0.1) is 11.6 Å². The molecule has 0 aliphatic rings. The van der Waals surface area contributed by atoms with Gasteiger partial charge in [0.2, 0.25) is 0 Å². The molecule has 0 saturated carbocycles. The molecule has 0 bridgehead atoms. The lowest BCUT2D eigenvalue weighted by Gasteiger charge is -2.10. The lowest BCUT2D eigenvalue weighted by molar-refractivity contribution is 0.572. The van der Waals surface area contributed by atoms with Crippen LogP contribution in [0.2, 0.25) is 0 Å². The van der Waals surface area contributed by atoms with Crippen molar-refractivity contribution in [3.8, 4) is 0 Å². The van der Waals surface area contributed by atoms with Crippen molar-refractivity contribution in [3.63, 3.8) is 0 Å². The van der Waals surface area contributed by atoms with Gasteiger partial charge in [-0.2, -0.15) is 0 Å². The molecule has 0 N–H and O–H groups in total. The van der Waals surface area contributed by atoms with Gasteiger partial charge < -0.3 is 0 Å². The Kier molecular flexibility index (Phi) is 4.32. The number of hydrogen-bond acceptors (Lipinski definition) is 0. The van der Waals surface area contributed by atoms with Gasteiger partial charge in [-0.15, -0.1) is 11.6 Å². The first kappa shape index (κ1) is 11.9. The van der Waals surface area contributed by atoms with Gasteiger partial charge in [0.1, 0.15) is 11.6 Å². The molecule has 1 aromatic carbocycles. The largest absolute Gasteiger partial charge is 0.207 e. The molecule has 1 atom stereocenters. The van der Waals surface area contributed by atoms with Gasteiger partial charge in [0, 0.05) is 5.56 Å². The minimum atomic E-state index is -0.483.